The SMILES string of the molecule is O=C1c2c(Cl)cc(-c3noc(CN4CCNCC4)n3)cc2CN1Cc1ccc(Cl)cc1. The highest BCUT2D eigenvalue weighted by Crippen LogP contribution is 2.34. The Morgan fingerprint density at radius 1 is 1.06 bits per heavy atom. The van der Waals surface area contributed by atoms with Crippen molar-refractivity contribution < 1.29 is 9.32 Å². The van der Waals surface area contributed by atoms with Crippen LogP contribution in [0.3, 0.4) is 0 Å². The van der Waals surface area contributed by atoms with Crippen molar-refractivity contribution in [2.24, 2.45) is 0 Å². The highest BCUT2D eigenvalue weighted by molar-refractivity contribution is 6.34. The van der Waals surface area contributed by atoms with Gasteiger partial charge in [0.15, 0.2) is 0 Å². The van der Waals surface area contributed by atoms with Crippen molar-refractivity contribution in [3.63, 3.8) is 0 Å². The van der Waals surface area contributed by atoms with Gasteiger partial charge in [-0.05, 0) is 35.4 Å². The van der Waals surface area contributed by atoms with Crippen LogP contribution in [0.4, 0.5) is 0 Å². The van der Waals surface area contributed by atoms with Crippen LogP contribution in [0.15, 0.2) is 40.9 Å². The number of amides is 1. The van der Waals surface area contributed by atoms with E-state index in [1.54, 1.807) is 11.0 Å². The number of nitrogens with zero attached hydrogens (tertiary/aromatic N) is 4. The van der Waals surface area contributed by atoms with E-state index in [1.165, 1.54) is 0 Å². The number of rotatable bonds is 5. The summed E-state index contributed by atoms with van der Waals surface area (Å²) in [5, 5.41) is 8.54. The Kier molecular flexibility index (Phi) is 5.67. The molecule has 0 radical (unpaired) electrons. The maximum absolute atomic E-state index is 12.9. The first-order valence-corrected chi connectivity index (χ1v) is 10.9. The molecule has 1 N–H and O–H groups in total. The van der Waals surface area contributed by atoms with Crippen LogP contribution in [0, 0.1) is 0 Å². The number of carbonyl (C=O) groups is 1. The molecule has 1 aromatic heterocycles. The van der Waals surface area contributed by atoms with Gasteiger partial charge >= 0.3 is 0 Å². The number of hydrogen-bond donors (Lipinski definition) is 1. The van der Waals surface area contributed by atoms with Gasteiger partial charge in [0, 0.05) is 49.9 Å². The predicted octanol–water partition coefficient (Wildman–Crippen LogP) is 3.60. The summed E-state index contributed by atoms with van der Waals surface area (Å²) in [5.74, 6) is 0.987. The van der Waals surface area contributed by atoms with Crippen molar-refractivity contribution >= 4 is 29.1 Å². The number of fused-ring (bicyclic) bond motifs is 1. The van der Waals surface area contributed by atoms with Crippen molar-refractivity contribution in [3.05, 3.63) is 69.0 Å². The lowest BCUT2D eigenvalue weighted by atomic mass is 10.1. The van der Waals surface area contributed by atoms with Crippen LogP contribution in [0.1, 0.15) is 27.4 Å². The van der Waals surface area contributed by atoms with Crippen LogP contribution in [0.25, 0.3) is 11.4 Å². The van der Waals surface area contributed by atoms with Gasteiger partial charge in [-0.25, -0.2) is 0 Å². The molecule has 2 aliphatic heterocycles. The molecular weight excluding hydrogens is 437 g/mol. The lowest BCUT2D eigenvalue weighted by Gasteiger charge is -2.25. The summed E-state index contributed by atoms with van der Waals surface area (Å²) in [6.07, 6.45) is 0. The fourth-order valence-electron chi connectivity index (χ4n) is 4.03. The fourth-order valence-corrected chi connectivity index (χ4v) is 4.47. The summed E-state index contributed by atoms with van der Waals surface area (Å²) in [4.78, 5) is 21.5. The third-order valence-electron chi connectivity index (χ3n) is 5.62. The van der Waals surface area contributed by atoms with Gasteiger partial charge in [0.2, 0.25) is 11.7 Å². The van der Waals surface area contributed by atoms with Gasteiger partial charge < -0.3 is 14.7 Å². The number of nitrogens with one attached hydrogen (secondary N) is 1. The van der Waals surface area contributed by atoms with E-state index in [0.717, 1.165) is 42.9 Å². The van der Waals surface area contributed by atoms with Crippen LogP contribution in [-0.4, -0.2) is 52.0 Å². The van der Waals surface area contributed by atoms with Gasteiger partial charge in [-0.3, -0.25) is 9.69 Å². The smallest absolute Gasteiger partial charge is 0.256 e. The van der Waals surface area contributed by atoms with E-state index in [4.69, 9.17) is 27.7 Å². The Morgan fingerprint density at radius 2 is 1.84 bits per heavy atom. The van der Waals surface area contributed by atoms with Gasteiger partial charge in [0.25, 0.3) is 5.91 Å². The highest BCUT2D eigenvalue weighted by Gasteiger charge is 2.31. The third-order valence-corrected chi connectivity index (χ3v) is 6.17. The van der Waals surface area contributed by atoms with E-state index in [2.05, 4.69) is 20.4 Å². The molecule has 0 bridgehead atoms. The number of aromatic nitrogens is 2. The molecular formula is C22H21Cl2N5O2. The minimum absolute atomic E-state index is 0.0750. The molecule has 0 atom stereocenters. The van der Waals surface area contributed by atoms with Crippen molar-refractivity contribution in [1.29, 1.82) is 0 Å². The first kappa shape index (κ1) is 20.5. The number of piperazine rings is 1. The molecule has 1 fully saturated rings. The van der Waals surface area contributed by atoms with E-state index < -0.39 is 0 Å². The van der Waals surface area contributed by atoms with Crippen LogP contribution in [-0.2, 0) is 19.6 Å². The van der Waals surface area contributed by atoms with E-state index in [1.807, 2.05) is 30.3 Å². The zero-order valence-electron chi connectivity index (χ0n) is 16.8. The minimum atomic E-state index is -0.0750. The number of halogens is 2. The Labute approximate surface area is 189 Å². The second-order valence-electron chi connectivity index (χ2n) is 7.82. The standard InChI is InChI=1S/C22H21Cl2N5O2/c23-17-3-1-14(2-4-17)11-29-12-16-9-15(10-18(24)20(16)22(29)30)21-26-19(31-27-21)13-28-7-5-25-6-8-28/h1-4,9-10,25H,5-8,11-13H2. The molecule has 3 aromatic rings. The molecule has 0 saturated carbocycles. The normalized spacial score (nSPS) is 16.7. The topological polar surface area (TPSA) is 74.5 Å². The van der Waals surface area contributed by atoms with Crippen LogP contribution >= 0.6 is 23.2 Å². The zero-order valence-corrected chi connectivity index (χ0v) is 18.3. The van der Waals surface area contributed by atoms with Crippen molar-refractivity contribution in [2.75, 3.05) is 26.2 Å². The second-order valence-corrected chi connectivity index (χ2v) is 8.66. The van der Waals surface area contributed by atoms with E-state index in [-0.39, 0.29) is 5.91 Å². The van der Waals surface area contributed by atoms with Crippen LogP contribution < -0.4 is 5.32 Å². The average Bonchev–Trinajstić information content (AvgIpc) is 3.35. The van der Waals surface area contributed by atoms with Gasteiger partial charge in [0.1, 0.15) is 0 Å². The fraction of sp³-hybridized carbons (Fsp3) is 0.318. The Bertz CT molecular complexity index is 1110. The van der Waals surface area contributed by atoms with E-state index in [0.29, 0.717) is 47.0 Å². The largest absolute Gasteiger partial charge is 0.338 e. The maximum atomic E-state index is 12.9. The summed E-state index contributed by atoms with van der Waals surface area (Å²) in [5.41, 5.74) is 3.18. The number of benzene rings is 2. The molecule has 7 nitrogen and oxygen atoms in total. The summed E-state index contributed by atoms with van der Waals surface area (Å²) in [7, 11) is 0. The van der Waals surface area contributed by atoms with Crippen LogP contribution in [0.5, 0.6) is 0 Å². The zero-order chi connectivity index (χ0) is 21.4. The Hall–Kier alpha value is -2.45. The monoisotopic (exact) mass is 457 g/mol. The molecule has 5 rings (SSSR count). The summed E-state index contributed by atoms with van der Waals surface area (Å²) >= 11 is 12.5. The van der Waals surface area contributed by atoms with Crippen molar-refractivity contribution in [3.8, 4) is 11.4 Å². The molecule has 9 heteroatoms. The quantitative estimate of drug-likeness (QED) is 0.630. The van der Waals surface area contributed by atoms with Crippen molar-refractivity contribution in [2.45, 2.75) is 19.6 Å². The number of carbonyl (C=O) groups excluding carboxylic acids is 1. The molecule has 160 valence electrons. The summed E-state index contributed by atoms with van der Waals surface area (Å²) in [6, 6.07) is 11.2. The molecule has 2 aromatic carbocycles. The Morgan fingerprint density at radius 3 is 2.61 bits per heavy atom. The van der Waals surface area contributed by atoms with Gasteiger partial charge in [-0.2, -0.15) is 4.98 Å². The first-order valence-electron chi connectivity index (χ1n) is 10.2. The van der Waals surface area contributed by atoms with Gasteiger partial charge in [-0.15, -0.1) is 0 Å². The van der Waals surface area contributed by atoms with Gasteiger partial charge in [0.05, 0.1) is 17.1 Å². The highest BCUT2D eigenvalue weighted by atomic mass is 35.5. The molecule has 0 spiro atoms. The van der Waals surface area contributed by atoms with E-state index in [9.17, 15) is 4.79 Å². The molecule has 31 heavy (non-hydrogen) atoms. The molecule has 0 aliphatic carbocycles. The first-order chi connectivity index (χ1) is 15.1. The minimum Gasteiger partial charge on any atom is -0.338 e. The third kappa shape index (κ3) is 4.32. The lowest BCUT2D eigenvalue weighted by Crippen LogP contribution is -2.42. The molecule has 1 amide bonds. The molecule has 0 unspecified atom stereocenters. The number of hydrogen-bond acceptors (Lipinski definition) is 6. The molecule has 1 saturated heterocycles. The summed E-state index contributed by atoms with van der Waals surface area (Å²) < 4.78 is 5.46. The van der Waals surface area contributed by atoms with E-state index >= 15 is 0 Å². The predicted molar refractivity (Wildman–Crippen MR) is 118 cm³/mol. The molecule has 3 heterocycles. The molecule has 2 aliphatic rings. The summed E-state index contributed by atoms with van der Waals surface area (Å²) in [6.45, 7) is 5.43. The van der Waals surface area contributed by atoms with Crippen molar-refractivity contribution in [1.82, 2.24) is 25.3 Å². The van der Waals surface area contributed by atoms with Gasteiger partial charge in [-0.1, -0.05) is 40.5 Å². The Balaban J connectivity index is 1.34. The van der Waals surface area contributed by atoms with Crippen LogP contribution in [0.2, 0.25) is 10.0 Å². The maximum Gasteiger partial charge on any atom is 0.256 e. The second kappa shape index (κ2) is 8.59. The lowest BCUT2D eigenvalue weighted by molar-refractivity contribution is 0.0767. The average molecular weight is 458 g/mol.